The van der Waals surface area contributed by atoms with Crippen LogP contribution in [-0.2, 0) is 19.4 Å². The van der Waals surface area contributed by atoms with Crippen LogP contribution in [0.5, 0.6) is 0 Å². The standard InChI is InChI=1S/C15H15FN2/c16-13-7-4-11(5-8-13)10-17-15-9-6-12-2-1-3-14(12)18-15/h4-9H,1-3,10H2,(H,17,18). The van der Waals surface area contributed by atoms with E-state index in [0.29, 0.717) is 6.54 Å². The molecular weight excluding hydrogens is 227 g/mol. The lowest BCUT2D eigenvalue weighted by molar-refractivity contribution is 0.627. The number of aromatic nitrogens is 1. The van der Waals surface area contributed by atoms with Gasteiger partial charge in [0, 0.05) is 12.2 Å². The second kappa shape index (κ2) is 4.77. The molecule has 92 valence electrons. The number of nitrogens with zero attached hydrogens (tertiary/aromatic N) is 1. The fourth-order valence-electron chi connectivity index (χ4n) is 2.31. The maximum absolute atomic E-state index is 12.8. The number of benzene rings is 1. The molecule has 0 aliphatic heterocycles. The van der Waals surface area contributed by atoms with Crippen LogP contribution in [0, 0.1) is 5.82 Å². The Morgan fingerprint density at radius 1 is 1.06 bits per heavy atom. The normalized spacial score (nSPS) is 13.4. The first kappa shape index (κ1) is 11.2. The highest BCUT2D eigenvalue weighted by molar-refractivity contribution is 5.41. The fraction of sp³-hybridized carbons (Fsp3) is 0.267. The molecule has 0 bridgehead atoms. The predicted octanol–water partition coefficient (Wildman–Crippen LogP) is 3.32. The number of anilines is 1. The van der Waals surface area contributed by atoms with Crippen LogP contribution in [0.1, 0.15) is 23.2 Å². The van der Waals surface area contributed by atoms with E-state index in [1.165, 1.54) is 29.8 Å². The highest BCUT2D eigenvalue weighted by atomic mass is 19.1. The third kappa shape index (κ3) is 2.35. The van der Waals surface area contributed by atoms with Gasteiger partial charge in [-0.1, -0.05) is 18.2 Å². The van der Waals surface area contributed by atoms with E-state index < -0.39 is 0 Å². The van der Waals surface area contributed by atoms with Gasteiger partial charge in [0.1, 0.15) is 11.6 Å². The van der Waals surface area contributed by atoms with Gasteiger partial charge in [0.25, 0.3) is 0 Å². The van der Waals surface area contributed by atoms with E-state index in [1.807, 2.05) is 6.07 Å². The van der Waals surface area contributed by atoms with Gasteiger partial charge in [-0.25, -0.2) is 9.37 Å². The lowest BCUT2D eigenvalue weighted by Crippen LogP contribution is -2.02. The predicted molar refractivity (Wildman–Crippen MR) is 70.0 cm³/mol. The van der Waals surface area contributed by atoms with Gasteiger partial charge >= 0.3 is 0 Å². The van der Waals surface area contributed by atoms with Gasteiger partial charge in [-0.05, 0) is 48.6 Å². The quantitative estimate of drug-likeness (QED) is 0.893. The molecule has 0 spiro atoms. The molecule has 0 atom stereocenters. The van der Waals surface area contributed by atoms with Crippen LogP contribution < -0.4 is 5.32 Å². The molecule has 1 aromatic heterocycles. The third-order valence-corrected chi connectivity index (χ3v) is 3.32. The summed E-state index contributed by atoms with van der Waals surface area (Å²) >= 11 is 0. The van der Waals surface area contributed by atoms with Crippen molar-refractivity contribution in [3.05, 3.63) is 59.0 Å². The summed E-state index contributed by atoms with van der Waals surface area (Å²) in [5, 5.41) is 3.28. The summed E-state index contributed by atoms with van der Waals surface area (Å²) in [6.07, 6.45) is 3.45. The number of fused-ring (bicyclic) bond motifs is 1. The lowest BCUT2D eigenvalue weighted by Gasteiger charge is -2.07. The summed E-state index contributed by atoms with van der Waals surface area (Å²) in [4.78, 5) is 4.60. The molecule has 0 fully saturated rings. The zero-order valence-electron chi connectivity index (χ0n) is 10.1. The third-order valence-electron chi connectivity index (χ3n) is 3.32. The molecule has 0 saturated carbocycles. The number of hydrogen-bond acceptors (Lipinski definition) is 2. The molecular formula is C15H15FN2. The van der Waals surface area contributed by atoms with Gasteiger partial charge in [0.2, 0.25) is 0 Å². The molecule has 1 aliphatic carbocycles. The minimum Gasteiger partial charge on any atom is -0.366 e. The molecule has 3 rings (SSSR count). The average molecular weight is 242 g/mol. The van der Waals surface area contributed by atoms with Crippen molar-refractivity contribution >= 4 is 5.82 Å². The van der Waals surface area contributed by atoms with Crippen molar-refractivity contribution in [3.63, 3.8) is 0 Å². The second-order valence-corrected chi connectivity index (χ2v) is 4.64. The Morgan fingerprint density at radius 3 is 2.72 bits per heavy atom. The first-order valence-electron chi connectivity index (χ1n) is 6.28. The van der Waals surface area contributed by atoms with Crippen molar-refractivity contribution in [2.75, 3.05) is 5.32 Å². The fourth-order valence-corrected chi connectivity index (χ4v) is 2.31. The smallest absolute Gasteiger partial charge is 0.126 e. The van der Waals surface area contributed by atoms with Gasteiger partial charge < -0.3 is 5.32 Å². The molecule has 0 unspecified atom stereocenters. The molecule has 0 amide bonds. The number of hydrogen-bond donors (Lipinski definition) is 1. The summed E-state index contributed by atoms with van der Waals surface area (Å²) in [7, 11) is 0. The Labute approximate surface area is 106 Å². The van der Waals surface area contributed by atoms with E-state index in [0.717, 1.165) is 24.2 Å². The maximum Gasteiger partial charge on any atom is 0.126 e. The van der Waals surface area contributed by atoms with Crippen LogP contribution in [0.2, 0.25) is 0 Å². The molecule has 0 radical (unpaired) electrons. The molecule has 1 aromatic carbocycles. The largest absolute Gasteiger partial charge is 0.366 e. The lowest BCUT2D eigenvalue weighted by atomic mass is 10.2. The van der Waals surface area contributed by atoms with E-state index >= 15 is 0 Å². The topological polar surface area (TPSA) is 24.9 Å². The molecule has 1 aliphatic rings. The summed E-state index contributed by atoms with van der Waals surface area (Å²) in [5.74, 6) is 0.703. The van der Waals surface area contributed by atoms with Crippen LogP contribution in [-0.4, -0.2) is 4.98 Å². The Bertz CT molecular complexity index is 549. The molecule has 1 N–H and O–H groups in total. The molecule has 0 saturated heterocycles. The Hall–Kier alpha value is -1.90. The SMILES string of the molecule is Fc1ccc(CNc2ccc3c(n2)CCC3)cc1. The van der Waals surface area contributed by atoms with Crippen LogP contribution in [0.3, 0.4) is 0 Å². The van der Waals surface area contributed by atoms with Crippen molar-refractivity contribution in [1.82, 2.24) is 4.98 Å². The minimum atomic E-state index is -0.200. The van der Waals surface area contributed by atoms with Gasteiger partial charge in [0.05, 0.1) is 0 Å². The Kier molecular flexibility index (Phi) is 2.97. The zero-order valence-corrected chi connectivity index (χ0v) is 10.1. The highest BCUT2D eigenvalue weighted by Crippen LogP contribution is 2.21. The summed E-state index contributed by atoms with van der Waals surface area (Å²) in [6.45, 7) is 0.673. The summed E-state index contributed by atoms with van der Waals surface area (Å²) in [5.41, 5.74) is 3.65. The van der Waals surface area contributed by atoms with Crippen LogP contribution in [0.15, 0.2) is 36.4 Å². The highest BCUT2D eigenvalue weighted by Gasteiger charge is 2.12. The van der Waals surface area contributed by atoms with Gasteiger partial charge in [-0.3, -0.25) is 0 Å². The zero-order chi connectivity index (χ0) is 12.4. The maximum atomic E-state index is 12.8. The van der Waals surface area contributed by atoms with Crippen molar-refractivity contribution in [2.24, 2.45) is 0 Å². The van der Waals surface area contributed by atoms with Gasteiger partial charge in [0.15, 0.2) is 0 Å². The number of pyridine rings is 1. The number of aryl methyl sites for hydroxylation is 2. The van der Waals surface area contributed by atoms with Gasteiger partial charge in [-0.15, -0.1) is 0 Å². The first-order valence-corrected chi connectivity index (χ1v) is 6.28. The van der Waals surface area contributed by atoms with E-state index in [9.17, 15) is 4.39 Å². The molecule has 3 heteroatoms. The summed E-state index contributed by atoms with van der Waals surface area (Å²) < 4.78 is 12.8. The van der Waals surface area contributed by atoms with Crippen molar-refractivity contribution < 1.29 is 4.39 Å². The molecule has 2 nitrogen and oxygen atoms in total. The number of rotatable bonds is 3. The van der Waals surface area contributed by atoms with E-state index in [4.69, 9.17) is 0 Å². The molecule has 2 aromatic rings. The average Bonchev–Trinajstić information content (AvgIpc) is 2.85. The van der Waals surface area contributed by atoms with Crippen LogP contribution >= 0.6 is 0 Å². The van der Waals surface area contributed by atoms with Crippen LogP contribution in [0.4, 0.5) is 10.2 Å². The van der Waals surface area contributed by atoms with E-state index in [1.54, 1.807) is 12.1 Å². The van der Waals surface area contributed by atoms with Crippen molar-refractivity contribution in [1.29, 1.82) is 0 Å². The first-order chi connectivity index (χ1) is 8.81. The number of halogens is 1. The second-order valence-electron chi connectivity index (χ2n) is 4.64. The van der Waals surface area contributed by atoms with Crippen LogP contribution in [0.25, 0.3) is 0 Å². The Morgan fingerprint density at radius 2 is 1.89 bits per heavy atom. The minimum absolute atomic E-state index is 0.200. The monoisotopic (exact) mass is 242 g/mol. The summed E-state index contributed by atoms with van der Waals surface area (Å²) in [6, 6.07) is 10.7. The number of nitrogens with one attached hydrogen (secondary N) is 1. The Balaban J connectivity index is 1.68. The van der Waals surface area contributed by atoms with Crippen molar-refractivity contribution in [2.45, 2.75) is 25.8 Å². The van der Waals surface area contributed by atoms with E-state index in [2.05, 4.69) is 16.4 Å². The molecule has 18 heavy (non-hydrogen) atoms. The van der Waals surface area contributed by atoms with Crippen molar-refractivity contribution in [3.8, 4) is 0 Å². The van der Waals surface area contributed by atoms with Gasteiger partial charge in [-0.2, -0.15) is 0 Å². The van der Waals surface area contributed by atoms with E-state index in [-0.39, 0.29) is 5.82 Å². The molecule has 1 heterocycles.